The van der Waals surface area contributed by atoms with Crippen LogP contribution in [0.15, 0.2) is 185 Å². The van der Waals surface area contributed by atoms with Gasteiger partial charge in [0.1, 0.15) is 57.6 Å². The van der Waals surface area contributed by atoms with E-state index in [4.69, 9.17) is 26.5 Å². The average molecular weight is 689 g/mol. The summed E-state index contributed by atoms with van der Waals surface area (Å²) < 4.78 is 34.8. The van der Waals surface area contributed by atoms with Gasteiger partial charge in [-0.1, -0.05) is 72.9 Å². The van der Waals surface area contributed by atoms with Crippen LogP contribution < -0.4 is 0 Å². The molecule has 2 unspecified atom stereocenters. The molecule has 0 bridgehead atoms. The second-order valence-electron chi connectivity index (χ2n) is 11.7. The Bertz CT molecular complexity index is 2060. The summed E-state index contributed by atoms with van der Waals surface area (Å²) >= 11 is 0. The summed E-state index contributed by atoms with van der Waals surface area (Å²) in [4.78, 5) is 0. The molecule has 0 radical (unpaired) electrons. The topological polar surface area (TPSA) is 78.8 Å². The molecule has 52 heavy (non-hydrogen) atoms. The Balaban J connectivity index is 0.934. The van der Waals surface area contributed by atoms with Gasteiger partial charge in [-0.3, -0.25) is 0 Å². The third-order valence-corrected chi connectivity index (χ3v) is 7.95. The molecule has 6 nitrogen and oxygen atoms in total. The van der Waals surface area contributed by atoms with E-state index in [0.717, 1.165) is 57.6 Å². The third-order valence-electron chi connectivity index (χ3n) is 7.95. The van der Waals surface area contributed by atoms with Crippen LogP contribution in [-0.4, -0.2) is 0 Å². The van der Waals surface area contributed by atoms with Gasteiger partial charge in [-0.05, 0) is 123 Å². The standard InChI is InChI=1S/C46H40O6/c1-35(43-29-25-39(49-43)19-11-5-3-9-17-37-23-15-33-47-37)45-31-27-41(51-45)21-13-7-8-14-22-42-28-32-46(52-42)36(2)44-30-26-40(50-44)20-12-6-4-10-18-38-24-16-34-48-38/h3-36H,1-2H3/b5-3+,6-4+,8-7+,17-9+,18-10+,19-11+,20-12+,21-13+,22-14+. The van der Waals surface area contributed by atoms with Crippen molar-refractivity contribution < 1.29 is 26.5 Å². The molecule has 0 aliphatic carbocycles. The van der Waals surface area contributed by atoms with Crippen LogP contribution in [0.5, 0.6) is 0 Å². The summed E-state index contributed by atoms with van der Waals surface area (Å²) in [5.41, 5.74) is 0. The first-order chi connectivity index (χ1) is 25.6. The van der Waals surface area contributed by atoms with E-state index in [9.17, 15) is 0 Å². The molecule has 0 fully saturated rings. The van der Waals surface area contributed by atoms with Gasteiger partial charge < -0.3 is 26.5 Å². The van der Waals surface area contributed by atoms with E-state index >= 15 is 0 Å². The summed E-state index contributed by atoms with van der Waals surface area (Å²) in [5.74, 6) is 8.05. The first-order valence-electron chi connectivity index (χ1n) is 17.1. The van der Waals surface area contributed by atoms with Gasteiger partial charge in [0.15, 0.2) is 0 Å². The second-order valence-corrected chi connectivity index (χ2v) is 11.7. The summed E-state index contributed by atoms with van der Waals surface area (Å²) in [6.45, 7) is 4.13. The molecule has 0 aromatic carbocycles. The van der Waals surface area contributed by atoms with Crippen molar-refractivity contribution in [2.24, 2.45) is 0 Å². The molecule has 0 saturated heterocycles. The van der Waals surface area contributed by atoms with Gasteiger partial charge in [-0.15, -0.1) is 0 Å². The maximum absolute atomic E-state index is 6.07. The fourth-order valence-corrected chi connectivity index (χ4v) is 5.10. The van der Waals surface area contributed by atoms with Crippen molar-refractivity contribution in [3.05, 3.63) is 216 Å². The Kier molecular flexibility index (Phi) is 12.4. The molecule has 6 heteroatoms. The predicted octanol–water partition coefficient (Wildman–Crippen LogP) is 13.4. The Labute approximate surface area is 303 Å². The zero-order valence-corrected chi connectivity index (χ0v) is 29.1. The van der Waals surface area contributed by atoms with E-state index in [1.165, 1.54) is 0 Å². The Hall–Kier alpha value is -6.66. The molecule has 0 aliphatic rings. The lowest BCUT2D eigenvalue weighted by Gasteiger charge is -2.04. The zero-order chi connectivity index (χ0) is 35.8. The molecular formula is C46H40O6. The van der Waals surface area contributed by atoms with Crippen molar-refractivity contribution in [1.82, 2.24) is 0 Å². The lowest BCUT2D eigenvalue weighted by Crippen LogP contribution is -1.91. The minimum atomic E-state index is -0.0173. The Morgan fingerprint density at radius 2 is 0.596 bits per heavy atom. The van der Waals surface area contributed by atoms with Crippen molar-refractivity contribution in [3.8, 4) is 0 Å². The lowest BCUT2D eigenvalue weighted by atomic mass is 10.1. The highest BCUT2D eigenvalue weighted by molar-refractivity contribution is 5.51. The molecule has 6 heterocycles. The summed E-state index contributed by atoms with van der Waals surface area (Å²) in [5, 5.41) is 0. The fourth-order valence-electron chi connectivity index (χ4n) is 5.10. The van der Waals surface area contributed by atoms with Crippen LogP contribution in [-0.2, 0) is 0 Å². The van der Waals surface area contributed by atoms with E-state index < -0.39 is 0 Å². The minimum absolute atomic E-state index is 0.0173. The zero-order valence-electron chi connectivity index (χ0n) is 29.1. The number of rotatable bonds is 16. The van der Waals surface area contributed by atoms with Gasteiger partial charge >= 0.3 is 0 Å². The average Bonchev–Trinajstić information content (AvgIpc) is 4.01. The maximum Gasteiger partial charge on any atom is 0.127 e. The first-order valence-corrected chi connectivity index (χ1v) is 17.1. The van der Waals surface area contributed by atoms with E-state index in [0.29, 0.717) is 0 Å². The molecule has 0 N–H and O–H groups in total. The maximum atomic E-state index is 6.07. The highest BCUT2D eigenvalue weighted by Crippen LogP contribution is 2.29. The van der Waals surface area contributed by atoms with Crippen LogP contribution in [0.25, 0.3) is 36.5 Å². The van der Waals surface area contributed by atoms with Gasteiger partial charge in [0.05, 0.1) is 24.4 Å². The normalized spacial score (nSPS) is 14.3. The highest BCUT2D eigenvalue weighted by atomic mass is 16.4. The fraction of sp³-hybridized carbons (Fsp3) is 0.0870. The van der Waals surface area contributed by atoms with Crippen LogP contribution in [0.1, 0.15) is 83.3 Å². The molecule has 0 aliphatic heterocycles. The van der Waals surface area contributed by atoms with Gasteiger partial charge in [-0.2, -0.15) is 0 Å². The quantitative estimate of drug-likeness (QED) is 0.0942. The molecule has 6 aromatic rings. The van der Waals surface area contributed by atoms with Crippen molar-refractivity contribution >= 4 is 36.5 Å². The van der Waals surface area contributed by atoms with Crippen LogP contribution in [0, 0.1) is 0 Å². The van der Waals surface area contributed by atoms with Crippen molar-refractivity contribution in [2.45, 2.75) is 25.7 Å². The Morgan fingerprint density at radius 3 is 0.846 bits per heavy atom. The molecule has 6 rings (SSSR count). The molecule has 0 spiro atoms. The molecular weight excluding hydrogens is 649 g/mol. The van der Waals surface area contributed by atoms with Crippen LogP contribution in [0.2, 0.25) is 0 Å². The summed E-state index contributed by atoms with van der Waals surface area (Å²) in [7, 11) is 0. The number of furan rings is 6. The predicted molar refractivity (Wildman–Crippen MR) is 209 cm³/mol. The van der Waals surface area contributed by atoms with Crippen LogP contribution in [0.4, 0.5) is 0 Å². The SMILES string of the molecule is CC(c1ccc(/C=C/C=C/C=C/c2ccco2)o1)c1ccc(/C=C/C=C/C=C/c2ccc(C(C)c3ccc(/C=C/C=C/C=C/c4ccco4)o3)o2)o1. The van der Waals surface area contributed by atoms with Crippen LogP contribution >= 0.6 is 0 Å². The second kappa shape index (κ2) is 18.4. The summed E-state index contributed by atoms with van der Waals surface area (Å²) in [6.07, 6.45) is 38.1. The summed E-state index contributed by atoms with van der Waals surface area (Å²) in [6, 6.07) is 23.3. The Morgan fingerprint density at radius 1 is 0.327 bits per heavy atom. The van der Waals surface area contributed by atoms with Crippen molar-refractivity contribution in [1.29, 1.82) is 0 Å². The van der Waals surface area contributed by atoms with E-state index in [2.05, 4.69) is 13.8 Å². The number of hydrogen-bond donors (Lipinski definition) is 0. The molecule has 0 amide bonds. The molecule has 6 aromatic heterocycles. The van der Waals surface area contributed by atoms with E-state index in [1.54, 1.807) is 12.5 Å². The molecule has 260 valence electrons. The molecule has 2 atom stereocenters. The third kappa shape index (κ3) is 10.4. The van der Waals surface area contributed by atoms with Crippen LogP contribution in [0.3, 0.4) is 0 Å². The van der Waals surface area contributed by atoms with Gasteiger partial charge in [0, 0.05) is 0 Å². The van der Waals surface area contributed by atoms with Gasteiger partial charge in [-0.25, -0.2) is 0 Å². The largest absolute Gasteiger partial charge is 0.465 e. The highest BCUT2D eigenvalue weighted by Gasteiger charge is 2.17. The number of hydrogen-bond acceptors (Lipinski definition) is 6. The minimum Gasteiger partial charge on any atom is -0.465 e. The van der Waals surface area contributed by atoms with Crippen molar-refractivity contribution in [3.63, 3.8) is 0 Å². The van der Waals surface area contributed by atoms with Gasteiger partial charge in [0.2, 0.25) is 0 Å². The molecule has 0 saturated carbocycles. The van der Waals surface area contributed by atoms with E-state index in [1.807, 2.05) is 182 Å². The monoisotopic (exact) mass is 688 g/mol. The van der Waals surface area contributed by atoms with E-state index in [-0.39, 0.29) is 11.8 Å². The van der Waals surface area contributed by atoms with Crippen molar-refractivity contribution in [2.75, 3.05) is 0 Å². The smallest absolute Gasteiger partial charge is 0.127 e. The lowest BCUT2D eigenvalue weighted by molar-refractivity contribution is 0.432. The van der Waals surface area contributed by atoms with Gasteiger partial charge in [0.25, 0.3) is 0 Å². The number of allylic oxidation sites excluding steroid dienone is 12. The first kappa shape index (κ1) is 35.2.